The van der Waals surface area contributed by atoms with Crippen molar-refractivity contribution in [2.24, 2.45) is 0 Å². The summed E-state index contributed by atoms with van der Waals surface area (Å²) < 4.78 is 0.952. The third kappa shape index (κ3) is 2.31. The van der Waals surface area contributed by atoms with Crippen LogP contribution in [0.3, 0.4) is 0 Å². The quantitative estimate of drug-likeness (QED) is 0.861. The van der Waals surface area contributed by atoms with Crippen molar-refractivity contribution in [1.82, 2.24) is 0 Å². The van der Waals surface area contributed by atoms with E-state index in [1.807, 2.05) is 48.3 Å². The number of hydrogen-bond acceptors (Lipinski definition) is 3. The minimum Gasteiger partial charge on any atom is -0.397 e. The number of nitrogens with zero attached hydrogens (tertiary/aromatic N) is 2. The fraction of sp³-hybridized carbons (Fsp3) is 0.0714. The fourth-order valence-corrected chi connectivity index (χ4v) is 2.15. The minimum atomic E-state index is 0.624. The van der Waals surface area contributed by atoms with E-state index in [1.165, 1.54) is 0 Å². The lowest BCUT2D eigenvalue weighted by Crippen LogP contribution is -2.12. The highest BCUT2D eigenvalue weighted by Gasteiger charge is 2.11. The summed E-state index contributed by atoms with van der Waals surface area (Å²) in [4.78, 5) is 1.92. The Morgan fingerprint density at radius 2 is 1.89 bits per heavy atom. The maximum atomic E-state index is 9.12. The molecule has 0 amide bonds. The predicted octanol–water partition coefficient (Wildman–Crippen LogP) is 3.67. The Kier molecular flexibility index (Phi) is 3.54. The van der Waals surface area contributed by atoms with Crippen molar-refractivity contribution in [3.8, 4) is 6.07 Å². The van der Waals surface area contributed by atoms with E-state index in [9.17, 15) is 0 Å². The Morgan fingerprint density at radius 3 is 2.61 bits per heavy atom. The van der Waals surface area contributed by atoms with Gasteiger partial charge in [0, 0.05) is 11.5 Å². The van der Waals surface area contributed by atoms with Crippen molar-refractivity contribution in [3.63, 3.8) is 0 Å². The van der Waals surface area contributed by atoms with Crippen LogP contribution in [0.2, 0.25) is 0 Å². The molecule has 0 aromatic heterocycles. The standard InChI is InChI=1S/C14H12BrN3/c1-18(13-5-3-2-4-10(13)9-16)14-8-11(15)6-7-12(14)17/h2-8H,17H2,1H3. The molecule has 0 aliphatic heterocycles. The molecule has 0 atom stereocenters. The summed E-state index contributed by atoms with van der Waals surface area (Å²) in [6.07, 6.45) is 0. The van der Waals surface area contributed by atoms with Crippen molar-refractivity contribution < 1.29 is 0 Å². The third-order valence-corrected chi connectivity index (χ3v) is 3.23. The molecule has 0 heterocycles. The third-order valence-electron chi connectivity index (χ3n) is 2.74. The lowest BCUT2D eigenvalue weighted by atomic mass is 10.1. The van der Waals surface area contributed by atoms with Gasteiger partial charge >= 0.3 is 0 Å². The normalized spacial score (nSPS) is 9.83. The van der Waals surface area contributed by atoms with Crippen LogP contribution in [0.4, 0.5) is 17.1 Å². The van der Waals surface area contributed by atoms with Crippen LogP contribution in [0.5, 0.6) is 0 Å². The topological polar surface area (TPSA) is 53.0 Å². The summed E-state index contributed by atoms with van der Waals surface area (Å²) in [6.45, 7) is 0. The van der Waals surface area contributed by atoms with Crippen LogP contribution in [0.25, 0.3) is 0 Å². The van der Waals surface area contributed by atoms with Crippen LogP contribution >= 0.6 is 15.9 Å². The Bertz CT molecular complexity index is 617. The van der Waals surface area contributed by atoms with Crippen molar-refractivity contribution in [3.05, 3.63) is 52.5 Å². The van der Waals surface area contributed by atoms with E-state index in [-0.39, 0.29) is 0 Å². The molecule has 0 radical (unpaired) electrons. The zero-order valence-corrected chi connectivity index (χ0v) is 11.5. The average molecular weight is 302 g/mol. The summed E-state index contributed by atoms with van der Waals surface area (Å²) in [6, 6.07) is 15.3. The van der Waals surface area contributed by atoms with Gasteiger partial charge in [-0.2, -0.15) is 5.26 Å². The first-order valence-electron chi connectivity index (χ1n) is 5.41. The number of para-hydroxylation sites is 1. The summed E-state index contributed by atoms with van der Waals surface area (Å²) in [5.41, 5.74) is 8.98. The highest BCUT2D eigenvalue weighted by atomic mass is 79.9. The van der Waals surface area contributed by atoms with Gasteiger partial charge in [0.25, 0.3) is 0 Å². The molecule has 0 saturated carbocycles. The molecule has 0 aliphatic carbocycles. The maximum Gasteiger partial charge on any atom is 0.101 e. The molecule has 90 valence electrons. The summed E-state index contributed by atoms with van der Waals surface area (Å²) in [7, 11) is 1.90. The van der Waals surface area contributed by atoms with Gasteiger partial charge in [0.2, 0.25) is 0 Å². The first-order chi connectivity index (χ1) is 8.63. The van der Waals surface area contributed by atoms with Gasteiger partial charge in [0.15, 0.2) is 0 Å². The van der Waals surface area contributed by atoms with Crippen molar-refractivity contribution in [1.29, 1.82) is 5.26 Å². The average Bonchev–Trinajstić information content (AvgIpc) is 2.40. The van der Waals surface area contributed by atoms with E-state index in [2.05, 4.69) is 22.0 Å². The molecule has 0 aliphatic rings. The molecule has 2 N–H and O–H groups in total. The van der Waals surface area contributed by atoms with Gasteiger partial charge in [-0.15, -0.1) is 0 Å². The molecule has 0 bridgehead atoms. The second kappa shape index (κ2) is 5.11. The number of rotatable bonds is 2. The number of nitrogens with two attached hydrogens (primary N) is 1. The van der Waals surface area contributed by atoms with Crippen LogP contribution in [0.1, 0.15) is 5.56 Å². The molecular formula is C14H12BrN3. The largest absolute Gasteiger partial charge is 0.397 e. The Morgan fingerprint density at radius 1 is 1.17 bits per heavy atom. The number of benzene rings is 2. The number of nitriles is 1. The second-order valence-corrected chi connectivity index (χ2v) is 4.81. The summed E-state index contributed by atoms with van der Waals surface area (Å²) in [5, 5.41) is 9.12. The van der Waals surface area contributed by atoms with Gasteiger partial charge in [-0.05, 0) is 30.3 Å². The molecule has 0 spiro atoms. The van der Waals surface area contributed by atoms with Crippen LogP contribution in [-0.2, 0) is 0 Å². The van der Waals surface area contributed by atoms with E-state index >= 15 is 0 Å². The van der Waals surface area contributed by atoms with E-state index in [1.54, 1.807) is 6.07 Å². The first kappa shape index (κ1) is 12.5. The lowest BCUT2D eigenvalue weighted by molar-refractivity contribution is 1.20. The molecule has 2 aromatic rings. The Hall–Kier alpha value is -1.99. The van der Waals surface area contributed by atoms with Gasteiger partial charge in [-0.1, -0.05) is 28.1 Å². The van der Waals surface area contributed by atoms with Crippen molar-refractivity contribution >= 4 is 33.0 Å². The Balaban J connectivity index is 2.51. The van der Waals surface area contributed by atoms with Crippen LogP contribution < -0.4 is 10.6 Å². The zero-order valence-electron chi connectivity index (χ0n) is 9.89. The Labute approximate surface area is 115 Å². The molecule has 0 saturated heterocycles. The van der Waals surface area contributed by atoms with Gasteiger partial charge in [-0.25, -0.2) is 0 Å². The second-order valence-electron chi connectivity index (χ2n) is 3.89. The van der Waals surface area contributed by atoms with Gasteiger partial charge in [-0.3, -0.25) is 0 Å². The van der Waals surface area contributed by atoms with Crippen LogP contribution in [0, 0.1) is 11.3 Å². The predicted molar refractivity (Wildman–Crippen MR) is 77.8 cm³/mol. The highest BCUT2D eigenvalue weighted by Crippen LogP contribution is 2.32. The van der Waals surface area contributed by atoms with E-state index in [0.29, 0.717) is 11.3 Å². The maximum absolute atomic E-state index is 9.12. The minimum absolute atomic E-state index is 0.624. The van der Waals surface area contributed by atoms with E-state index in [0.717, 1.165) is 15.8 Å². The fourth-order valence-electron chi connectivity index (χ4n) is 1.80. The van der Waals surface area contributed by atoms with Gasteiger partial charge in [0.05, 0.1) is 22.6 Å². The molecule has 3 nitrogen and oxygen atoms in total. The van der Waals surface area contributed by atoms with Gasteiger partial charge < -0.3 is 10.6 Å². The van der Waals surface area contributed by atoms with Crippen LogP contribution in [0.15, 0.2) is 46.9 Å². The van der Waals surface area contributed by atoms with Crippen molar-refractivity contribution in [2.45, 2.75) is 0 Å². The molecule has 4 heteroatoms. The number of nitrogen functional groups attached to an aromatic ring is 1. The van der Waals surface area contributed by atoms with Gasteiger partial charge in [0.1, 0.15) is 6.07 Å². The zero-order chi connectivity index (χ0) is 13.1. The van der Waals surface area contributed by atoms with E-state index in [4.69, 9.17) is 11.0 Å². The summed E-state index contributed by atoms with van der Waals surface area (Å²) >= 11 is 3.43. The molecular weight excluding hydrogens is 290 g/mol. The molecule has 0 fully saturated rings. The monoisotopic (exact) mass is 301 g/mol. The molecule has 0 unspecified atom stereocenters. The SMILES string of the molecule is CN(c1cc(Br)ccc1N)c1ccccc1C#N. The number of anilines is 3. The van der Waals surface area contributed by atoms with Crippen molar-refractivity contribution in [2.75, 3.05) is 17.7 Å². The van der Waals surface area contributed by atoms with Crippen LogP contribution in [-0.4, -0.2) is 7.05 Å². The highest BCUT2D eigenvalue weighted by molar-refractivity contribution is 9.10. The number of hydrogen-bond donors (Lipinski definition) is 1. The molecule has 2 aromatic carbocycles. The lowest BCUT2D eigenvalue weighted by Gasteiger charge is -2.22. The first-order valence-corrected chi connectivity index (χ1v) is 6.20. The molecule has 2 rings (SSSR count). The number of halogens is 1. The summed E-state index contributed by atoms with van der Waals surface area (Å²) in [5.74, 6) is 0. The molecule has 18 heavy (non-hydrogen) atoms. The van der Waals surface area contributed by atoms with E-state index < -0.39 is 0 Å². The smallest absolute Gasteiger partial charge is 0.101 e.